The van der Waals surface area contributed by atoms with Crippen molar-refractivity contribution in [2.75, 3.05) is 13.1 Å². The van der Waals surface area contributed by atoms with E-state index >= 15 is 0 Å². The lowest BCUT2D eigenvalue weighted by atomic mass is 10.1. The second-order valence-electron chi connectivity index (χ2n) is 8.33. The molecule has 0 saturated heterocycles. The fourth-order valence-corrected chi connectivity index (χ4v) is 3.88. The van der Waals surface area contributed by atoms with Crippen LogP contribution in [0.15, 0.2) is 54.9 Å². The molecule has 0 unspecified atom stereocenters. The second-order valence-corrected chi connectivity index (χ2v) is 8.33. The van der Waals surface area contributed by atoms with Crippen molar-refractivity contribution in [2.45, 2.75) is 26.2 Å². The van der Waals surface area contributed by atoms with E-state index in [1.807, 2.05) is 0 Å². The molecule has 38 heavy (non-hydrogen) atoms. The number of carboxylic acid groups (broad SMARTS) is 4. The van der Waals surface area contributed by atoms with Gasteiger partial charge in [0.05, 0.1) is 24.5 Å². The monoisotopic (exact) mass is 523 g/mol. The van der Waals surface area contributed by atoms with Crippen molar-refractivity contribution in [3.8, 4) is 0 Å². The van der Waals surface area contributed by atoms with E-state index in [4.69, 9.17) is 0 Å². The van der Waals surface area contributed by atoms with Crippen molar-refractivity contribution < 1.29 is 39.6 Å². The zero-order valence-corrected chi connectivity index (χ0v) is 20.1. The first-order valence-corrected chi connectivity index (χ1v) is 11.3. The fourth-order valence-electron chi connectivity index (χ4n) is 3.88. The number of hydrogen-bond donors (Lipinski definition) is 4. The van der Waals surface area contributed by atoms with Crippen LogP contribution in [0, 0.1) is 0 Å². The molecule has 0 fully saturated rings. The van der Waals surface area contributed by atoms with Crippen LogP contribution in [0.3, 0.4) is 0 Å². The van der Waals surface area contributed by atoms with Crippen LogP contribution in [0.2, 0.25) is 0 Å². The summed E-state index contributed by atoms with van der Waals surface area (Å²) in [7, 11) is 0. The van der Waals surface area contributed by atoms with Gasteiger partial charge in [-0.2, -0.15) is 0 Å². The molecule has 198 valence electrons. The highest BCUT2D eigenvalue weighted by atomic mass is 16.4. The highest BCUT2D eigenvalue weighted by Gasteiger charge is 2.19. The molecule has 0 amide bonds. The highest BCUT2D eigenvalue weighted by molar-refractivity contribution is 5.87. The standard InChI is InChI=1S/C25H25N5O8/c31-20(32)14-29(10-16-4-2-8-26-22(16)24(35)36)12-18-6-1-7-19(28-18)13-30(15-21(33)34)11-17-5-3-9-27-23(17)25(37)38/h1-9H,10-15H2,(H,31,32)(H,33,34)(H,35,36)(H,37,38). The first-order valence-electron chi connectivity index (χ1n) is 11.3. The maximum atomic E-state index is 11.5. The molecule has 3 aromatic heterocycles. The summed E-state index contributed by atoms with van der Waals surface area (Å²) in [5.74, 6) is -4.68. The van der Waals surface area contributed by atoms with Gasteiger partial charge < -0.3 is 20.4 Å². The zero-order chi connectivity index (χ0) is 27.7. The Kier molecular flexibility index (Phi) is 9.51. The van der Waals surface area contributed by atoms with E-state index in [-0.39, 0.29) is 50.7 Å². The third-order valence-corrected chi connectivity index (χ3v) is 5.33. The first-order chi connectivity index (χ1) is 18.1. The van der Waals surface area contributed by atoms with E-state index in [0.29, 0.717) is 22.5 Å². The van der Waals surface area contributed by atoms with E-state index in [2.05, 4.69) is 15.0 Å². The molecule has 0 bridgehead atoms. The summed E-state index contributed by atoms with van der Waals surface area (Å²) in [6.45, 7) is -0.638. The van der Waals surface area contributed by atoms with Gasteiger partial charge in [-0.3, -0.25) is 24.4 Å². The maximum Gasteiger partial charge on any atom is 0.354 e. The zero-order valence-electron chi connectivity index (χ0n) is 20.1. The quantitative estimate of drug-likeness (QED) is 0.237. The predicted molar refractivity (Wildman–Crippen MR) is 130 cm³/mol. The highest BCUT2D eigenvalue weighted by Crippen LogP contribution is 2.15. The maximum absolute atomic E-state index is 11.5. The molecule has 13 nitrogen and oxygen atoms in total. The molecule has 3 rings (SSSR count). The van der Waals surface area contributed by atoms with Crippen LogP contribution < -0.4 is 0 Å². The summed E-state index contributed by atoms with van der Waals surface area (Å²) in [4.78, 5) is 61.2. The van der Waals surface area contributed by atoms with Crippen molar-refractivity contribution in [2.24, 2.45) is 0 Å². The number of carboxylic acids is 4. The molecular formula is C25H25N5O8. The summed E-state index contributed by atoms with van der Waals surface area (Å²) in [6.07, 6.45) is 2.68. The predicted octanol–water partition coefficient (Wildman–Crippen LogP) is 1.44. The molecule has 0 aliphatic heterocycles. The molecule has 3 aromatic rings. The number of pyridine rings is 3. The Morgan fingerprint density at radius 1 is 0.605 bits per heavy atom. The summed E-state index contributed by atoms with van der Waals surface area (Å²) in [6, 6.07) is 11.3. The summed E-state index contributed by atoms with van der Waals surface area (Å²) < 4.78 is 0. The summed E-state index contributed by atoms with van der Waals surface area (Å²) >= 11 is 0. The molecule has 4 N–H and O–H groups in total. The number of nitrogens with zero attached hydrogens (tertiary/aromatic N) is 5. The SMILES string of the molecule is O=C(O)CN(Cc1cccc(CN(CC(=O)O)Cc2cccnc2C(=O)O)n1)Cc1cccnc1C(=O)O. The number of hydrogen-bond acceptors (Lipinski definition) is 9. The summed E-state index contributed by atoms with van der Waals surface area (Å²) in [5.41, 5.74) is 1.29. The third kappa shape index (κ3) is 8.15. The van der Waals surface area contributed by atoms with Gasteiger partial charge in [0.1, 0.15) is 0 Å². The largest absolute Gasteiger partial charge is 0.480 e. The van der Waals surface area contributed by atoms with Crippen LogP contribution in [0.25, 0.3) is 0 Å². The summed E-state index contributed by atoms with van der Waals surface area (Å²) in [5, 5.41) is 37.5. The van der Waals surface area contributed by atoms with Crippen molar-refractivity contribution in [1.29, 1.82) is 0 Å². The van der Waals surface area contributed by atoms with E-state index in [1.165, 1.54) is 22.2 Å². The number of aliphatic carboxylic acids is 2. The molecule has 13 heteroatoms. The smallest absolute Gasteiger partial charge is 0.354 e. The number of rotatable bonds is 14. The van der Waals surface area contributed by atoms with Crippen molar-refractivity contribution >= 4 is 23.9 Å². The number of aromatic carboxylic acids is 2. The van der Waals surface area contributed by atoms with Crippen molar-refractivity contribution in [3.05, 3.63) is 88.8 Å². The van der Waals surface area contributed by atoms with Gasteiger partial charge in [-0.05, 0) is 35.4 Å². The number of carbonyl (C=O) groups is 4. The molecule has 0 aliphatic carbocycles. The lowest BCUT2D eigenvalue weighted by molar-refractivity contribution is -0.139. The minimum atomic E-state index is -1.23. The van der Waals surface area contributed by atoms with Crippen molar-refractivity contribution in [3.63, 3.8) is 0 Å². The first kappa shape index (κ1) is 27.8. The lowest BCUT2D eigenvalue weighted by Crippen LogP contribution is -2.31. The molecular weight excluding hydrogens is 498 g/mol. The fraction of sp³-hybridized carbons (Fsp3) is 0.240. The van der Waals surface area contributed by atoms with Crippen LogP contribution in [-0.2, 0) is 35.8 Å². The Hall–Kier alpha value is -4.75. The van der Waals surface area contributed by atoms with Crippen LogP contribution in [0.5, 0.6) is 0 Å². The van der Waals surface area contributed by atoms with Gasteiger partial charge in [-0.25, -0.2) is 19.6 Å². The van der Waals surface area contributed by atoms with Crippen LogP contribution in [-0.4, -0.2) is 82.1 Å². The normalized spacial score (nSPS) is 11.0. The average Bonchev–Trinajstić information content (AvgIpc) is 2.84. The Bertz CT molecular complexity index is 1240. The topological polar surface area (TPSA) is 194 Å². The Morgan fingerprint density at radius 2 is 1.03 bits per heavy atom. The molecule has 0 aromatic carbocycles. The Balaban J connectivity index is 1.80. The molecule has 0 spiro atoms. The van der Waals surface area contributed by atoms with Crippen LogP contribution in [0.1, 0.15) is 43.5 Å². The molecule has 0 atom stereocenters. The van der Waals surface area contributed by atoms with Crippen LogP contribution in [0.4, 0.5) is 0 Å². The van der Waals surface area contributed by atoms with Gasteiger partial charge in [-0.1, -0.05) is 18.2 Å². The van der Waals surface area contributed by atoms with Gasteiger partial charge in [0.15, 0.2) is 11.4 Å². The molecule has 0 saturated carbocycles. The molecule has 0 radical (unpaired) electrons. The van der Waals surface area contributed by atoms with E-state index < -0.39 is 23.9 Å². The van der Waals surface area contributed by atoms with Gasteiger partial charge in [0, 0.05) is 38.6 Å². The minimum Gasteiger partial charge on any atom is -0.480 e. The van der Waals surface area contributed by atoms with Gasteiger partial charge in [0.25, 0.3) is 0 Å². The Labute approximate surface area is 216 Å². The number of aromatic nitrogens is 3. The third-order valence-electron chi connectivity index (χ3n) is 5.33. The second kappa shape index (κ2) is 13.0. The minimum absolute atomic E-state index is 0.00219. The lowest BCUT2D eigenvalue weighted by Gasteiger charge is -2.22. The average molecular weight is 524 g/mol. The van der Waals surface area contributed by atoms with Gasteiger partial charge >= 0.3 is 23.9 Å². The molecule has 3 heterocycles. The van der Waals surface area contributed by atoms with E-state index in [0.717, 1.165) is 0 Å². The molecule has 0 aliphatic rings. The van der Waals surface area contributed by atoms with E-state index in [9.17, 15) is 39.6 Å². The van der Waals surface area contributed by atoms with Gasteiger partial charge in [0.2, 0.25) is 0 Å². The van der Waals surface area contributed by atoms with E-state index in [1.54, 1.807) is 42.5 Å². The van der Waals surface area contributed by atoms with Gasteiger partial charge in [-0.15, -0.1) is 0 Å². The Morgan fingerprint density at radius 3 is 1.39 bits per heavy atom. The van der Waals surface area contributed by atoms with Crippen molar-refractivity contribution in [1.82, 2.24) is 24.8 Å². The van der Waals surface area contributed by atoms with Crippen LogP contribution >= 0.6 is 0 Å².